The van der Waals surface area contributed by atoms with Crippen LogP contribution in [0.3, 0.4) is 0 Å². The summed E-state index contributed by atoms with van der Waals surface area (Å²) >= 11 is 0. The third kappa shape index (κ3) is 10.2. The number of rotatable bonds is 4. The molecule has 28 heavy (non-hydrogen) atoms. The monoisotopic (exact) mass is 459 g/mol. The summed E-state index contributed by atoms with van der Waals surface area (Å²) in [6.07, 6.45) is 19.3. The van der Waals surface area contributed by atoms with E-state index < -0.39 is 0 Å². The molecule has 0 atom stereocenters. The molecule has 0 saturated carbocycles. The second kappa shape index (κ2) is 15.4. The van der Waals surface area contributed by atoms with Crippen molar-refractivity contribution in [2.24, 2.45) is 0 Å². The summed E-state index contributed by atoms with van der Waals surface area (Å²) in [5.41, 5.74) is 5.38. The van der Waals surface area contributed by atoms with Gasteiger partial charge in [0.2, 0.25) is 0 Å². The van der Waals surface area contributed by atoms with Crippen LogP contribution in [-0.4, -0.2) is 9.52 Å². The van der Waals surface area contributed by atoms with E-state index in [1.54, 1.807) is 0 Å². The Labute approximate surface area is 193 Å². The van der Waals surface area contributed by atoms with Crippen molar-refractivity contribution in [2.45, 2.75) is 38.8 Å². The minimum absolute atomic E-state index is 0. The van der Waals surface area contributed by atoms with Crippen molar-refractivity contribution in [3.63, 3.8) is 0 Å². The Balaban J connectivity index is 0.000000239. The second-order valence-corrected chi connectivity index (χ2v) is 7.67. The predicted molar refractivity (Wildman–Crippen MR) is 120 cm³/mol. The van der Waals surface area contributed by atoms with E-state index in [9.17, 15) is 0 Å². The molecule has 0 saturated heterocycles. The summed E-state index contributed by atoms with van der Waals surface area (Å²) in [7, 11) is 0.750. The number of hydrogen-bond donors (Lipinski definition) is 0. The summed E-state index contributed by atoms with van der Waals surface area (Å²) in [6.45, 7) is 4.42. The van der Waals surface area contributed by atoms with Gasteiger partial charge < -0.3 is 0 Å². The zero-order valence-electron chi connectivity index (χ0n) is 17.0. The third-order valence-electron chi connectivity index (χ3n) is 4.01. The molecule has 0 unspecified atom stereocenters. The van der Waals surface area contributed by atoms with E-state index in [0.717, 1.165) is 35.2 Å². The van der Waals surface area contributed by atoms with Gasteiger partial charge in [-0.25, -0.2) is 23.3 Å². The Morgan fingerprint density at radius 1 is 0.679 bits per heavy atom. The molecule has 0 aliphatic heterocycles. The van der Waals surface area contributed by atoms with Gasteiger partial charge in [0.25, 0.3) is 0 Å². The normalized spacial score (nSPS) is 13.4. The maximum absolute atomic E-state index is 3.31. The maximum Gasteiger partial charge on any atom is 2.00 e. The van der Waals surface area contributed by atoms with Crippen LogP contribution in [0.5, 0.6) is 0 Å². The average Bonchev–Trinajstić information content (AvgIpc) is 3.39. The quantitative estimate of drug-likeness (QED) is 0.368. The minimum atomic E-state index is 0. The molecule has 0 fully saturated rings. The van der Waals surface area contributed by atoms with Gasteiger partial charge in [-0.1, -0.05) is 73.8 Å². The van der Waals surface area contributed by atoms with Crippen molar-refractivity contribution in [1.29, 1.82) is 0 Å². The van der Waals surface area contributed by atoms with Crippen molar-refractivity contribution >= 4 is 9.52 Å². The SMILES string of the molecule is C[SiH]C.[C-]1=C(Cc2ccccc2)C=CC1.[C-]1=C(Cc2ccccc2)C=CC1.[Zr+2]. The molecule has 0 spiro atoms. The largest absolute Gasteiger partial charge is 2.00 e. The fourth-order valence-corrected chi connectivity index (χ4v) is 2.77. The van der Waals surface area contributed by atoms with Crippen molar-refractivity contribution in [3.05, 3.63) is 119 Å². The summed E-state index contributed by atoms with van der Waals surface area (Å²) < 4.78 is 0. The van der Waals surface area contributed by atoms with Crippen LogP contribution in [0.4, 0.5) is 0 Å². The number of allylic oxidation sites excluding steroid dienone is 8. The molecule has 0 heterocycles. The zero-order chi connectivity index (χ0) is 19.2. The van der Waals surface area contributed by atoms with E-state index in [4.69, 9.17) is 0 Å². The van der Waals surface area contributed by atoms with Crippen molar-refractivity contribution in [1.82, 2.24) is 0 Å². The van der Waals surface area contributed by atoms with E-state index in [1.165, 1.54) is 22.3 Å². The van der Waals surface area contributed by atoms with E-state index in [1.807, 2.05) is 12.1 Å². The molecule has 0 amide bonds. The number of hydrogen-bond acceptors (Lipinski definition) is 0. The summed E-state index contributed by atoms with van der Waals surface area (Å²) in [5, 5.41) is 0. The molecule has 1 radical (unpaired) electrons. The zero-order valence-corrected chi connectivity index (χ0v) is 20.6. The van der Waals surface area contributed by atoms with Gasteiger partial charge in [-0.2, -0.15) is 12.2 Å². The number of benzene rings is 2. The minimum Gasteiger partial charge on any atom is -0.269 e. The van der Waals surface area contributed by atoms with Crippen LogP contribution in [0.2, 0.25) is 13.1 Å². The summed E-state index contributed by atoms with van der Waals surface area (Å²) in [4.78, 5) is 0. The van der Waals surface area contributed by atoms with Gasteiger partial charge >= 0.3 is 26.2 Å². The molecule has 0 N–H and O–H groups in total. The van der Waals surface area contributed by atoms with E-state index in [0.29, 0.717) is 0 Å². The molecule has 0 nitrogen and oxygen atoms in total. The van der Waals surface area contributed by atoms with Gasteiger partial charge in [-0.3, -0.25) is 12.2 Å². The summed E-state index contributed by atoms with van der Waals surface area (Å²) in [5.74, 6) is 0. The Bertz CT molecular complexity index is 703. The van der Waals surface area contributed by atoms with Gasteiger partial charge in [0.1, 0.15) is 0 Å². The van der Waals surface area contributed by atoms with Gasteiger partial charge in [0.15, 0.2) is 0 Å². The molecular weight excluding hydrogens is 432 g/mol. The Morgan fingerprint density at radius 3 is 1.32 bits per heavy atom. The van der Waals surface area contributed by atoms with E-state index >= 15 is 0 Å². The topological polar surface area (TPSA) is 0 Å². The molecule has 2 aromatic carbocycles. The first-order valence-electron chi connectivity index (χ1n) is 9.66. The molecule has 2 heteroatoms. The second-order valence-electron chi connectivity index (χ2n) is 6.52. The molecule has 0 aromatic heterocycles. The van der Waals surface area contributed by atoms with Crippen LogP contribution in [-0.2, 0) is 39.0 Å². The van der Waals surface area contributed by atoms with Gasteiger partial charge in [-0.15, -0.1) is 12.8 Å². The molecule has 2 aromatic rings. The van der Waals surface area contributed by atoms with Crippen LogP contribution < -0.4 is 0 Å². The molecule has 2 aliphatic carbocycles. The first-order chi connectivity index (χ1) is 13.3. The fourth-order valence-electron chi connectivity index (χ4n) is 2.77. The summed E-state index contributed by atoms with van der Waals surface area (Å²) in [6, 6.07) is 21.0. The van der Waals surface area contributed by atoms with Crippen molar-refractivity contribution in [3.8, 4) is 0 Å². The Kier molecular flexibility index (Phi) is 13.5. The van der Waals surface area contributed by atoms with Gasteiger partial charge in [0.05, 0.1) is 0 Å². The smallest absolute Gasteiger partial charge is 0.269 e. The molecular formula is C26H29SiZr. The molecule has 4 rings (SSSR count). The standard InChI is InChI=1S/2C12H11.C2H7Si.Zr/c2*1-2-6-11(7-3-1)10-12-8-4-5-9-12;1-3-2;/h2*1-4,6-8H,5,10H2;3H,1-2H3;/q2*-1;;+2. The molecule has 2 aliphatic rings. The first kappa shape index (κ1) is 24.5. The predicted octanol–water partition coefficient (Wildman–Crippen LogP) is 6.35. The first-order valence-corrected chi connectivity index (χ1v) is 12.0. The molecule has 141 valence electrons. The van der Waals surface area contributed by atoms with Crippen LogP contribution in [0.15, 0.2) is 96.1 Å². The van der Waals surface area contributed by atoms with Crippen LogP contribution in [0, 0.1) is 12.2 Å². The fraction of sp³-hybridized carbons (Fsp3) is 0.231. The molecule has 0 bridgehead atoms. The Morgan fingerprint density at radius 2 is 1.04 bits per heavy atom. The van der Waals surface area contributed by atoms with Gasteiger partial charge in [0, 0.05) is 9.52 Å². The van der Waals surface area contributed by atoms with Crippen LogP contribution >= 0.6 is 0 Å². The van der Waals surface area contributed by atoms with Crippen molar-refractivity contribution < 1.29 is 26.2 Å². The van der Waals surface area contributed by atoms with Crippen LogP contribution in [0.25, 0.3) is 0 Å². The van der Waals surface area contributed by atoms with E-state index in [-0.39, 0.29) is 26.2 Å². The Hall–Kier alpha value is -1.50. The average molecular weight is 461 g/mol. The maximum atomic E-state index is 3.31. The van der Waals surface area contributed by atoms with Crippen molar-refractivity contribution in [2.75, 3.05) is 0 Å². The third-order valence-corrected chi connectivity index (χ3v) is 4.01. The van der Waals surface area contributed by atoms with Crippen LogP contribution in [0.1, 0.15) is 24.0 Å². The van der Waals surface area contributed by atoms with E-state index in [2.05, 4.69) is 98.1 Å². The van der Waals surface area contributed by atoms with Gasteiger partial charge in [-0.05, 0) is 24.0 Å².